The van der Waals surface area contributed by atoms with Crippen LogP contribution >= 0.6 is 15.9 Å². The largest absolute Gasteiger partial charge is 0.385 e. The highest BCUT2D eigenvalue weighted by Gasteiger charge is 2.08. The number of nitrogens with zero attached hydrogens (tertiary/aromatic N) is 2. The van der Waals surface area contributed by atoms with Gasteiger partial charge in [0.2, 0.25) is 0 Å². The Hall–Kier alpha value is -1.31. The molecule has 4 heteroatoms. The number of nitriles is 1. The number of rotatable bonds is 4. The summed E-state index contributed by atoms with van der Waals surface area (Å²) in [5.41, 5.74) is 1.82. The minimum absolute atomic E-state index is 0.727. The number of methoxy groups -OCH3 is 1. The molecule has 0 aliphatic carbocycles. The first kappa shape index (κ1) is 12.2. The molecule has 0 saturated carbocycles. The van der Waals surface area contributed by atoms with Gasteiger partial charge in [0, 0.05) is 36.3 Å². The van der Waals surface area contributed by atoms with Crippen molar-refractivity contribution in [1.29, 1.82) is 5.26 Å². The van der Waals surface area contributed by atoms with E-state index >= 15 is 0 Å². The van der Waals surface area contributed by atoms with Crippen LogP contribution in [-0.4, -0.2) is 18.3 Å². The minimum atomic E-state index is 0.727. The zero-order valence-corrected chi connectivity index (χ0v) is 11.2. The van der Waals surface area contributed by atoms with Crippen LogP contribution in [0.4, 0.5) is 0 Å². The van der Waals surface area contributed by atoms with Gasteiger partial charge in [-0.3, -0.25) is 0 Å². The molecule has 2 aromatic rings. The lowest BCUT2D eigenvalue weighted by atomic mass is 10.2. The number of fused-ring (bicyclic) bond motifs is 1. The number of halogens is 1. The van der Waals surface area contributed by atoms with Crippen molar-refractivity contribution in [3.63, 3.8) is 0 Å². The molecule has 0 bridgehead atoms. The lowest BCUT2D eigenvalue weighted by molar-refractivity contribution is 0.190. The second-order valence-corrected chi connectivity index (χ2v) is 4.77. The van der Waals surface area contributed by atoms with Gasteiger partial charge in [0.15, 0.2) is 0 Å². The van der Waals surface area contributed by atoms with Crippen LogP contribution in [0.5, 0.6) is 0 Å². The zero-order chi connectivity index (χ0) is 12.3. The molecule has 0 saturated heterocycles. The summed E-state index contributed by atoms with van der Waals surface area (Å²) in [6.07, 6.45) is 2.85. The van der Waals surface area contributed by atoms with Crippen molar-refractivity contribution in [2.45, 2.75) is 13.0 Å². The molecule has 0 N–H and O–H groups in total. The fourth-order valence-corrected chi connectivity index (χ4v) is 2.27. The Morgan fingerprint density at radius 1 is 1.47 bits per heavy atom. The van der Waals surface area contributed by atoms with Crippen molar-refractivity contribution in [3.8, 4) is 6.07 Å². The number of ether oxygens (including phenoxy) is 1. The fourth-order valence-electron chi connectivity index (χ4n) is 1.92. The summed E-state index contributed by atoms with van der Waals surface area (Å²) >= 11 is 3.46. The average Bonchev–Trinajstić information content (AvgIpc) is 2.67. The van der Waals surface area contributed by atoms with Crippen LogP contribution in [0.1, 0.15) is 12.0 Å². The normalized spacial score (nSPS) is 10.6. The maximum absolute atomic E-state index is 9.09. The molecule has 17 heavy (non-hydrogen) atoms. The van der Waals surface area contributed by atoms with E-state index in [1.165, 1.54) is 0 Å². The molecule has 2 rings (SSSR count). The van der Waals surface area contributed by atoms with Gasteiger partial charge in [-0.1, -0.05) is 22.0 Å². The molecule has 0 unspecified atom stereocenters. The van der Waals surface area contributed by atoms with Crippen molar-refractivity contribution in [2.75, 3.05) is 13.7 Å². The number of aromatic nitrogens is 1. The predicted molar refractivity (Wildman–Crippen MR) is 70.8 cm³/mol. The van der Waals surface area contributed by atoms with Crippen LogP contribution in [-0.2, 0) is 11.3 Å². The van der Waals surface area contributed by atoms with Gasteiger partial charge in [-0.2, -0.15) is 5.26 Å². The molecular weight excluding hydrogens is 280 g/mol. The quantitative estimate of drug-likeness (QED) is 0.811. The second kappa shape index (κ2) is 5.35. The van der Waals surface area contributed by atoms with Crippen molar-refractivity contribution in [1.82, 2.24) is 4.57 Å². The molecule has 0 fully saturated rings. The zero-order valence-electron chi connectivity index (χ0n) is 9.61. The molecule has 0 amide bonds. The van der Waals surface area contributed by atoms with Crippen LogP contribution in [0.25, 0.3) is 10.9 Å². The molecule has 0 radical (unpaired) electrons. The standard InChI is InChI=1S/C13H13BrN2O/c1-17-6-2-5-16-9-10(8-15)12-4-3-11(14)7-13(12)16/h3-4,7,9H,2,5-6H2,1H3. The lowest BCUT2D eigenvalue weighted by Crippen LogP contribution is -1.99. The predicted octanol–water partition coefficient (Wildman–Crippen LogP) is 3.31. The first-order chi connectivity index (χ1) is 8.26. The molecule has 3 nitrogen and oxygen atoms in total. The second-order valence-electron chi connectivity index (χ2n) is 3.86. The highest BCUT2D eigenvalue weighted by Crippen LogP contribution is 2.24. The van der Waals surface area contributed by atoms with Crippen LogP contribution in [0, 0.1) is 11.3 Å². The minimum Gasteiger partial charge on any atom is -0.385 e. The van der Waals surface area contributed by atoms with Gasteiger partial charge in [-0.25, -0.2) is 0 Å². The molecule has 0 atom stereocenters. The van der Waals surface area contributed by atoms with Gasteiger partial charge in [0.05, 0.1) is 11.1 Å². The third-order valence-corrected chi connectivity index (χ3v) is 3.21. The fraction of sp³-hybridized carbons (Fsp3) is 0.308. The Labute approximate surface area is 109 Å². The smallest absolute Gasteiger partial charge is 0.101 e. The molecular formula is C13H13BrN2O. The molecule has 88 valence electrons. The van der Waals surface area contributed by atoms with E-state index in [9.17, 15) is 0 Å². The lowest BCUT2D eigenvalue weighted by Gasteiger charge is -2.04. The van der Waals surface area contributed by atoms with E-state index < -0.39 is 0 Å². The van der Waals surface area contributed by atoms with Gasteiger partial charge < -0.3 is 9.30 Å². The monoisotopic (exact) mass is 292 g/mol. The van der Waals surface area contributed by atoms with E-state index in [0.29, 0.717) is 0 Å². The summed E-state index contributed by atoms with van der Waals surface area (Å²) in [6.45, 7) is 1.60. The maximum Gasteiger partial charge on any atom is 0.101 e. The Bertz CT molecular complexity index is 569. The Morgan fingerprint density at radius 3 is 3.00 bits per heavy atom. The summed E-state index contributed by atoms with van der Waals surface area (Å²) < 4.78 is 8.18. The number of hydrogen-bond acceptors (Lipinski definition) is 2. The molecule has 1 aromatic heterocycles. The average molecular weight is 293 g/mol. The first-order valence-corrected chi connectivity index (χ1v) is 6.23. The van der Waals surface area contributed by atoms with Crippen LogP contribution in [0.3, 0.4) is 0 Å². The van der Waals surface area contributed by atoms with Crippen LogP contribution < -0.4 is 0 Å². The molecule has 0 aliphatic rings. The SMILES string of the molecule is COCCCn1cc(C#N)c2ccc(Br)cc21. The topological polar surface area (TPSA) is 38.0 Å². The van der Waals surface area contributed by atoms with Crippen molar-refractivity contribution >= 4 is 26.8 Å². The van der Waals surface area contributed by atoms with Crippen LogP contribution in [0.15, 0.2) is 28.9 Å². The van der Waals surface area contributed by atoms with E-state index in [2.05, 4.69) is 26.6 Å². The van der Waals surface area contributed by atoms with Gasteiger partial charge in [-0.05, 0) is 18.6 Å². The summed E-state index contributed by atoms with van der Waals surface area (Å²) in [7, 11) is 1.70. The summed E-state index contributed by atoms with van der Waals surface area (Å²) in [5, 5.41) is 10.1. The molecule has 0 aliphatic heterocycles. The molecule has 0 spiro atoms. The number of hydrogen-bond donors (Lipinski definition) is 0. The Balaban J connectivity index is 2.41. The van der Waals surface area contributed by atoms with Gasteiger partial charge in [-0.15, -0.1) is 0 Å². The summed E-state index contributed by atoms with van der Waals surface area (Å²) in [6, 6.07) is 8.22. The van der Waals surface area contributed by atoms with Gasteiger partial charge in [0.25, 0.3) is 0 Å². The van der Waals surface area contributed by atoms with E-state index in [0.717, 1.165) is 40.5 Å². The Morgan fingerprint density at radius 2 is 2.29 bits per heavy atom. The van der Waals surface area contributed by atoms with Crippen molar-refractivity contribution in [2.24, 2.45) is 0 Å². The maximum atomic E-state index is 9.09. The number of benzene rings is 1. The third-order valence-electron chi connectivity index (χ3n) is 2.71. The highest BCUT2D eigenvalue weighted by molar-refractivity contribution is 9.10. The third kappa shape index (κ3) is 2.51. The van der Waals surface area contributed by atoms with Crippen molar-refractivity contribution < 1.29 is 4.74 Å². The van der Waals surface area contributed by atoms with Crippen molar-refractivity contribution in [3.05, 3.63) is 34.4 Å². The highest BCUT2D eigenvalue weighted by atomic mass is 79.9. The van der Waals surface area contributed by atoms with E-state index in [-0.39, 0.29) is 0 Å². The van der Waals surface area contributed by atoms with Crippen LogP contribution in [0.2, 0.25) is 0 Å². The van der Waals surface area contributed by atoms with Gasteiger partial charge in [0.1, 0.15) is 6.07 Å². The van der Waals surface area contributed by atoms with E-state index in [1.54, 1.807) is 7.11 Å². The van der Waals surface area contributed by atoms with E-state index in [1.807, 2.05) is 24.4 Å². The molecule has 1 heterocycles. The molecule has 1 aromatic carbocycles. The Kier molecular flexibility index (Phi) is 3.82. The summed E-state index contributed by atoms with van der Waals surface area (Å²) in [5.74, 6) is 0. The summed E-state index contributed by atoms with van der Waals surface area (Å²) in [4.78, 5) is 0. The number of aryl methyl sites for hydroxylation is 1. The van der Waals surface area contributed by atoms with Gasteiger partial charge >= 0.3 is 0 Å². The van der Waals surface area contributed by atoms with E-state index in [4.69, 9.17) is 10.00 Å². The first-order valence-electron chi connectivity index (χ1n) is 5.43.